The van der Waals surface area contributed by atoms with Crippen molar-refractivity contribution in [1.29, 1.82) is 0 Å². The molecule has 164 valence electrons. The first-order valence-corrected chi connectivity index (χ1v) is 11.4. The molecule has 0 bridgehead atoms. The molecule has 3 N–H and O–H groups in total. The first-order valence-electron chi connectivity index (χ1n) is 9.46. The minimum absolute atomic E-state index is 0.0271. The highest BCUT2D eigenvalue weighted by Gasteiger charge is 2.18. The van der Waals surface area contributed by atoms with E-state index in [4.69, 9.17) is 10.2 Å². The molecule has 32 heavy (non-hydrogen) atoms. The summed E-state index contributed by atoms with van der Waals surface area (Å²) < 4.78 is 43.2. The number of hydrogen-bond acceptors (Lipinski definition) is 9. The Balaban J connectivity index is 1.67. The molecule has 2 aromatic heterocycles. The molecular weight excluding hydrogens is 435 g/mol. The molecule has 2 heterocycles. The number of nitrogen functional groups attached to an aromatic ring is 1. The molecule has 4 aromatic rings. The molecule has 0 atom stereocenters. The summed E-state index contributed by atoms with van der Waals surface area (Å²) in [7, 11) is -1.58. The van der Waals surface area contributed by atoms with Crippen molar-refractivity contribution in [2.24, 2.45) is 0 Å². The summed E-state index contributed by atoms with van der Waals surface area (Å²) in [5, 5.41) is 10.8. The minimum atomic E-state index is -3.31. The third-order valence-electron chi connectivity index (χ3n) is 4.67. The summed E-state index contributed by atoms with van der Waals surface area (Å²) in [6, 6.07) is 10.9. The van der Waals surface area contributed by atoms with Crippen molar-refractivity contribution in [1.82, 2.24) is 25.5 Å². The molecule has 0 fully saturated rings. The lowest BCUT2D eigenvalue weighted by Gasteiger charge is -2.05. The van der Waals surface area contributed by atoms with Crippen LogP contribution in [-0.2, 0) is 16.4 Å². The maximum Gasteiger partial charge on any atom is 0.270 e. The first-order chi connectivity index (χ1) is 15.3. The normalized spacial score (nSPS) is 11.6. The van der Waals surface area contributed by atoms with Gasteiger partial charge in [0.15, 0.2) is 21.3 Å². The van der Waals surface area contributed by atoms with E-state index in [-0.39, 0.29) is 28.2 Å². The average molecular weight is 454 g/mol. The number of nitrogens with zero attached hydrogens (tertiary/aromatic N) is 4. The van der Waals surface area contributed by atoms with Gasteiger partial charge >= 0.3 is 0 Å². The Bertz CT molecular complexity index is 1390. The predicted octanol–water partition coefficient (Wildman–Crippen LogP) is 2.70. The van der Waals surface area contributed by atoms with Crippen LogP contribution >= 0.6 is 0 Å². The second-order valence-electron chi connectivity index (χ2n) is 7.03. The second kappa shape index (κ2) is 8.44. The topological polar surface area (TPSA) is 137 Å². The Labute approximate surface area is 183 Å². The Kier molecular flexibility index (Phi) is 5.68. The fourth-order valence-corrected chi connectivity index (χ4v) is 3.65. The summed E-state index contributed by atoms with van der Waals surface area (Å²) in [4.78, 5) is 8.78. The summed E-state index contributed by atoms with van der Waals surface area (Å²) in [6.45, 7) is 0.394. The van der Waals surface area contributed by atoms with Crippen LogP contribution in [0.1, 0.15) is 5.56 Å². The van der Waals surface area contributed by atoms with E-state index in [0.29, 0.717) is 28.9 Å². The molecule has 0 aliphatic rings. The number of halogens is 1. The van der Waals surface area contributed by atoms with Gasteiger partial charge in [-0.3, -0.25) is 0 Å². The van der Waals surface area contributed by atoms with Crippen LogP contribution in [0.2, 0.25) is 0 Å². The van der Waals surface area contributed by atoms with E-state index in [1.807, 2.05) is 0 Å². The zero-order valence-electron chi connectivity index (χ0n) is 17.2. The molecule has 0 spiro atoms. The second-order valence-corrected chi connectivity index (χ2v) is 9.05. The van der Waals surface area contributed by atoms with Crippen LogP contribution in [0.15, 0.2) is 58.0 Å². The highest BCUT2D eigenvalue weighted by atomic mass is 32.2. The first kappa shape index (κ1) is 21.5. The zero-order chi connectivity index (χ0) is 22.9. The zero-order valence-corrected chi connectivity index (χ0v) is 18.0. The molecule has 0 radical (unpaired) electrons. The van der Waals surface area contributed by atoms with Crippen molar-refractivity contribution >= 4 is 15.7 Å². The number of rotatable bonds is 6. The smallest absolute Gasteiger partial charge is 0.270 e. The van der Waals surface area contributed by atoms with E-state index >= 15 is 0 Å². The van der Waals surface area contributed by atoms with Crippen LogP contribution in [0.5, 0.6) is 0 Å². The fourth-order valence-electron chi connectivity index (χ4n) is 3.02. The predicted molar refractivity (Wildman–Crippen MR) is 116 cm³/mol. The van der Waals surface area contributed by atoms with Crippen LogP contribution in [0.25, 0.3) is 34.3 Å². The van der Waals surface area contributed by atoms with Gasteiger partial charge in [0.2, 0.25) is 5.89 Å². The molecule has 0 saturated heterocycles. The molecule has 4 rings (SSSR count). The van der Waals surface area contributed by atoms with Crippen molar-refractivity contribution < 1.29 is 17.2 Å². The monoisotopic (exact) mass is 454 g/mol. The third-order valence-corrected chi connectivity index (χ3v) is 5.80. The van der Waals surface area contributed by atoms with Gasteiger partial charge in [-0.15, -0.1) is 10.2 Å². The maximum absolute atomic E-state index is 14.2. The van der Waals surface area contributed by atoms with E-state index in [0.717, 1.165) is 6.26 Å². The Morgan fingerprint density at radius 2 is 1.75 bits per heavy atom. The van der Waals surface area contributed by atoms with Crippen molar-refractivity contribution in [3.63, 3.8) is 0 Å². The van der Waals surface area contributed by atoms with Gasteiger partial charge in [0.1, 0.15) is 5.82 Å². The van der Waals surface area contributed by atoms with Crippen molar-refractivity contribution in [3.05, 3.63) is 60.0 Å². The van der Waals surface area contributed by atoms with Gasteiger partial charge in [-0.1, -0.05) is 18.2 Å². The van der Waals surface area contributed by atoms with Crippen LogP contribution in [0, 0.1) is 5.82 Å². The standard InChI is InChI=1S/C21H19FN6O3S/c1-24-10-14-4-3-13(9-16(14)22)20-27-28-21(31-20)18-19(23)25-11-17(26-18)12-5-7-15(8-6-12)32(2,29)30/h3-9,11,24H,10H2,1-2H3,(H2,23,25). The van der Waals surface area contributed by atoms with E-state index in [2.05, 4.69) is 25.5 Å². The van der Waals surface area contributed by atoms with Crippen LogP contribution in [0.4, 0.5) is 10.2 Å². The molecule has 0 aliphatic heterocycles. The molecule has 0 amide bonds. The van der Waals surface area contributed by atoms with Gasteiger partial charge in [-0.25, -0.2) is 22.8 Å². The van der Waals surface area contributed by atoms with Crippen LogP contribution in [-0.4, -0.2) is 41.9 Å². The lowest BCUT2D eigenvalue weighted by molar-refractivity contribution is 0.577. The number of benzene rings is 2. The SMILES string of the molecule is CNCc1ccc(-c2nnc(-c3nc(-c4ccc(S(C)(=O)=O)cc4)cnc3N)o2)cc1F. The van der Waals surface area contributed by atoms with Gasteiger partial charge in [-0.05, 0) is 31.3 Å². The summed E-state index contributed by atoms with van der Waals surface area (Å²) in [5.74, 6) is -0.180. The van der Waals surface area contributed by atoms with E-state index in [1.165, 1.54) is 24.4 Å². The fraction of sp³-hybridized carbons (Fsp3) is 0.143. The van der Waals surface area contributed by atoms with E-state index in [9.17, 15) is 12.8 Å². The van der Waals surface area contributed by atoms with Crippen LogP contribution in [0.3, 0.4) is 0 Å². The lowest BCUT2D eigenvalue weighted by atomic mass is 10.1. The molecule has 0 aliphatic carbocycles. The lowest BCUT2D eigenvalue weighted by Crippen LogP contribution is -2.06. The van der Waals surface area contributed by atoms with Crippen molar-refractivity contribution in [3.8, 4) is 34.3 Å². The van der Waals surface area contributed by atoms with E-state index < -0.39 is 15.7 Å². The summed E-state index contributed by atoms with van der Waals surface area (Å²) in [5.41, 5.74) is 8.13. The Hall–Kier alpha value is -3.70. The number of hydrogen-bond donors (Lipinski definition) is 2. The molecular formula is C21H19FN6O3S. The molecule has 2 aromatic carbocycles. The quantitative estimate of drug-likeness (QED) is 0.450. The number of anilines is 1. The molecule has 11 heteroatoms. The number of aromatic nitrogens is 4. The van der Waals surface area contributed by atoms with Gasteiger partial charge < -0.3 is 15.5 Å². The number of nitrogens with two attached hydrogens (primary N) is 1. The van der Waals surface area contributed by atoms with Gasteiger partial charge in [0.25, 0.3) is 5.89 Å². The molecule has 0 saturated carbocycles. The van der Waals surface area contributed by atoms with Crippen molar-refractivity contribution in [2.75, 3.05) is 19.0 Å². The van der Waals surface area contributed by atoms with Gasteiger partial charge in [0, 0.05) is 29.5 Å². The van der Waals surface area contributed by atoms with E-state index in [1.54, 1.807) is 31.3 Å². The largest absolute Gasteiger partial charge is 0.414 e. The Morgan fingerprint density at radius 3 is 2.41 bits per heavy atom. The van der Waals surface area contributed by atoms with Crippen LogP contribution < -0.4 is 11.1 Å². The van der Waals surface area contributed by atoms with Crippen molar-refractivity contribution in [2.45, 2.75) is 11.4 Å². The molecule has 9 nitrogen and oxygen atoms in total. The summed E-state index contributed by atoms with van der Waals surface area (Å²) in [6.07, 6.45) is 2.60. The number of nitrogens with one attached hydrogen (secondary N) is 1. The number of sulfone groups is 1. The van der Waals surface area contributed by atoms with Gasteiger partial charge in [-0.2, -0.15) is 0 Å². The average Bonchev–Trinajstić information content (AvgIpc) is 3.25. The highest BCUT2D eigenvalue weighted by molar-refractivity contribution is 7.90. The maximum atomic E-state index is 14.2. The molecule has 0 unspecified atom stereocenters. The third kappa shape index (κ3) is 4.34. The highest BCUT2D eigenvalue weighted by Crippen LogP contribution is 2.29. The minimum Gasteiger partial charge on any atom is -0.414 e. The Morgan fingerprint density at radius 1 is 1.06 bits per heavy atom. The summed E-state index contributed by atoms with van der Waals surface area (Å²) >= 11 is 0. The van der Waals surface area contributed by atoms with Gasteiger partial charge in [0.05, 0.1) is 16.8 Å².